The third-order valence-electron chi connectivity index (χ3n) is 18.2. The van der Waals surface area contributed by atoms with Crippen LogP contribution in [0, 0.1) is 0 Å². The van der Waals surface area contributed by atoms with E-state index in [1.54, 1.807) is 17.5 Å². The van der Waals surface area contributed by atoms with E-state index in [1.807, 2.05) is 25.8 Å². The fourth-order valence-corrected chi connectivity index (χ4v) is 17.3. The van der Waals surface area contributed by atoms with Gasteiger partial charge in [-0.1, -0.05) is 12.1 Å². The number of methoxy groups -OCH3 is 1. The summed E-state index contributed by atoms with van der Waals surface area (Å²) in [5, 5.41) is 54.2. The first-order valence-corrected chi connectivity index (χ1v) is 36.6. The van der Waals surface area contributed by atoms with Crippen LogP contribution in [0.3, 0.4) is 0 Å². The van der Waals surface area contributed by atoms with Gasteiger partial charge >= 0.3 is 17.9 Å². The lowest BCUT2D eigenvalue weighted by Gasteiger charge is -2.45. The number of likely N-dealkylation sites (N-methyl/N-ethyl adjacent to an activating group) is 1. The molecule has 536 valence electrons. The largest absolute Gasteiger partial charge is 0.506 e. The number of amides is 4. The number of fused-ring (bicyclic) bond motifs is 16. The minimum absolute atomic E-state index is 0.0124. The number of hydrogen-bond donors (Lipinski definition) is 7. The fraction of sp³-hybridized carbons (Fsp3) is 0.431. The highest BCUT2D eigenvalue weighted by Gasteiger charge is 2.54. The van der Waals surface area contributed by atoms with Crippen LogP contribution in [-0.4, -0.2) is 217 Å². The van der Waals surface area contributed by atoms with Crippen LogP contribution in [0.2, 0.25) is 0 Å². The smallest absolute Gasteiger partial charge is 0.358 e. The zero-order chi connectivity index (χ0) is 71.4. The van der Waals surface area contributed by atoms with E-state index < -0.39 is 127 Å². The highest BCUT2D eigenvalue weighted by Crippen LogP contribution is 2.44. The van der Waals surface area contributed by atoms with Crippen molar-refractivity contribution in [1.29, 1.82) is 0 Å². The molecular weight excluding hydrogens is 1430 g/mol. The quantitative estimate of drug-likeness (QED) is 0.0296. The van der Waals surface area contributed by atoms with E-state index in [0.29, 0.717) is 36.5 Å². The first kappa shape index (κ1) is 70.2. The first-order chi connectivity index (χ1) is 49.1. The van der Waals surface area contributed by atoms with Crippen molar-refractivity contribution >= 4 is 115 Å². The van der Waals surface area contributed by atoms with E-state index in [2.05, 4.69) is 41.1 Å². The van der Waals surface area contributed by atoms with Crippen LogP contribution < -0.4 is 21.3 Å². The summed E-state index contributed by atoms with van der Waals surface area (Å²) in [4.78, 5) is 136. The minimum atomic E-state index is -1.83. The van der Waals surface area contributed by atoms with E-state index in [9.17, 15) is 29.8 Å². The lowest BCUT2D eigenvalue weighted by Crippen LogP contribution is -2.58. The molecule has 0 spiro atoms. The van der Waals surface area contributed by atoms with Crippen molar-refractivity contribution in [3.63, 3.8) is 0 Å². The summed E-state index contributed by atoms with van der Waals surface area (Å²) in [6.07, 6.45) is -6.13. The number of ether oxygens (including phenoxy) is 9. The number of nitrogens with zero attached hydrogens (tertiary/aromatic N) is 9. The maximum absolute atomic E-state index is 15.2. The van der Waals surface area contributed by atoms with Crippen molar-refractivity contribution in [1.82, 2.24) is 65.7 Å². The first-order valence-electron chi connectivity index (χ1n) is 32.2. The maximum atomic E-state index is 15.2. The number of cyclic esters (lactones) is 2. The number of benzene rings is 1. The van der Waals surface area contributed by atoms with Crippen LogP contribution in [0.4, 0.5) is 0 Å². The molecule has 13 heterocycles. The van der Waals surface area contributed by atoms with Crippen molar-refractivity contribution in [2.45, 2.75) is 114 Å². The highest BCUT2D eigenvalue weighted by molar-refractivity contribution is 7.14. The second-order valence-electron chi connectivity index (χ2n) is 25.0. The molecule has 10 unspecified atom stereocenters. The molecule has 14 rings (SSSR count). The van der Waals surface area contributed by atoms with Crippen molar-refractivity contribution in [2.24, 2.45) is 0 Å². The molecule has 7 N–H and O–H groups in total. The van der Waals surface area contributed by atoms with Gasteiger partial charge in [0.1, 0.15) is 114 Å². The van der Waals surface area contributed by atoms with E-state index in [1.165, 1.54) is 54.6 Å². The molecule has 102 heavy (non-hydrogen) atoms. The number of rotatable bonds is 10. The summed E-state index contributed by atoms with van der Waals surface area (Å²) in [6, 6.07) is 1.28. The number of carbonyl (C=O) groups is 7. The Balaban J connectivity index is 0.903. The van der Waals surface area contributed by atoms with Gasteiger partial charge in [0.2, 0.25) is 5.91 Å². The van der Waals surface area contributed by atoms with Gasteiger partial charge in [-0.3, -0.25) is 29.0 Å². The van der Waals surface area contributed by atoms with Crippen molar-refractivity contribution in [3.8, 4) is 38.4 Å². The number of nitrogens with one attached hydrogen (secondary N) is 4. The summed E-state index contributed by atoms with van der Waals surface area (Å²) >= 11 is 4.75. The number of pyridine rings is 1. The third-order valence-corrected chi connectivity index (χ3v) is 22.7. The summed E-state index contributed by atoms with van der Waals surface area (Å²) in [6.45, 7) is 8.75. The molecule has 8 aromatic rings. The molecule has 0 saturated carbocycles. The predicted octanol–water partition coefficient (Wildman–Crippen LogP) is 5.41. The molecule has 6 aliphatic rings. The molecule has 1 aromatic carbocycles. The highest BCUT2D eigenvalue weighted by atomic mass is 32.1. The molecule has 3 fully saturated rings. The second-order valence-corrected chi connectivity index (χ2v) is 29.4. The van der Waals surface area contributed by atoms with Crippen LogP contribution >= 0.6 is 56.7 Å². The van der Waals surface area contributed by atoms with Gasteiger partial charge in [-0.15, -0.1) is 56.7 Å². The monoisotopic (exact) mass is 1490 g/mol. The van der Waals surface area contributed by atoms with Crippen LogP contribution in [0.1, 0.15) is 131 Å². The molecule has 6 aliphatic heterocycles. The predicted molar refractivity (Wildman–Crippen MR) is 364 cm³/mol. The van der Waals surface area contributed by atoms with Crippen LogP contribution in [0.25, 0.3) is 49.3 Å². The number of aromatic nitrogens is 7. The molecule has 7 aromatic heterocycles. The molecule has 0 radical (unpaired) electrons. The van der Waals surface area contributed by atoms with Crippen LogP contribution in [0.15, 0.2) is 56.9 Å². The number of allylic oxidation sites excluding steroid dienone is 1. The SMILES string of the molecule is CO/C(C)=C1/NC(=O)C(C(C)O)NC(=O)c2csc(n2)-c2cc(O)c(-c3nc(C(=O)OCCCN4CCOCC4)cs3)nc2-c2csc(n2)C2COC(=O)c3c4c5c(cccc5n3O)COC(=O)C(OC3CC5(C)OCN(C)C5C(C)O3)C(OC4)C(NC(=O)c3csc1n3)c1nc(cs1)C(=O)N2. The van der Waals surface area contributed by atoms with Crippen LogP contribution in [0.5, 0.6) is 5.75 Å². The summed E-state index contributed by atoms with van der Waals surface area (Å²) in [5.74, 6) is -6.74. The number of aliphatic hydroxyl groups is 1. The van der Waals surface area contributed by atoms with Gasteiger partial charge in [0.25, 0.3) is 17.7 Å². The Morgan fingerprint density at radius 2 is 1.54 bits per heavy atom. The molecule has 32 nitrogen and oxygen atoms in total. The summed E-state index contributed by atoms with van der Waals surface area (Å²) in [5.41, 5.74) is -1.45. The lowest BCUT2D eigenvalue weighted by atomic mass is 9.86. The van der Waals surface area contributed by atoms with Gasteiger partial charge in [-0.2, -0.15) is 4.73 Å². The molecule has 0 aliphatic carbocycles. The maximum Gasteiger partial charge on any atom is 0.358 e. The van der Waals surface area contributed by atoms with Crippen molar-refractivity contribution in [3.05, 3.63) is 112 Å². The average molecular weight is 1490 g/mol. The molecule has 4 amide bonds. The number of esters is 3. The Morgan fingerprint density at radius 1 is 0.833 bits per heavy atom. The van der Waals surface area contributed by atoms with Crippen LogP contribution in [-0.2, 0) is 65.4 Å². The molecular formula is C65H67N13O19S5. The number of aliphatic hydroxyl groups excluding tert-OH is 1. The van der Waals surface area contributed by atoms with Gasteiger partial charge in [-0.05, 0) is 58.9 Å². The van der Waals surface area contributed by atoms with Gasteiger partial charge < -0.3 is 79.3 Å². The Hall–Kier alpha value is -8.83. The number of hydrogen-bond acceptors (Lipinski definition) is 32. The Labute approximate surface area is 599 Å². The van der Waals surface area contributed by atoms with Gasteiger partial charge in [-0.25, -0.2) is 44.3 Å². The average Bonchev–Trinajstić information content (AvgIpc) is 1.55. The van der Waals surface area contributed by atoms with Crippen molar-refractivity contribution < 1.29 is 91.6 Å². The van der Waals surface area contributed by atoms with E-state index >= 15 is 19.2 Å². The number of aromatic hydroxyl groups is 1. The zero-order valence-corrected chi connectivity index (χ0v) is 59.4. The Kier molecular flexibility index (Phi) is 20.1. The third kappa shape index (κ3) is 13.9. The molecule has 10 atom stereocenters. The number of carbonyl (C=O) groups excluding carboxylic acids is 7. The lowest BCUT2D eigenvalue weighted by molar-refractivity contribution is -0.268. The summed E-state index contributed by atoms with van der Waals surface area (Å²) in [7, 11) is 3.22. The number of thiazole rings is 5. The van der Waals surface area contributed by atoms with Crippen molar-refractivity contribution in [2.75, 3.05) is 67.0 Å². The van der Waals surface area contributed by atoms with Gasteiger partial charge in [0.05, 0.1) is 69.6 Å². The standard InChI is InChI=1S/C65H67N13O19S5/c1-28(79)44-56(84)74-45(29(2)89-6)59-69-38(25-100-59)55(83)75-48-50-51(97-42-18-65(4)52(30(3)96-42)76(5)27-95-65)64(87)93-19-31-9-7-10-40-43(31)33(20-92-50)49(78(40)88)63(86)94-21-34(66-53(81)36-24-101-61(48)70-36)58-67-35(22-99-58)46-32(57-68-37(23-98-57)54(82)73-44)17-41(80)47(72-46)60-71-39(26-102-60)62(85)91-14-8-11-77-12-15-90-16-13-77/h7,9-10,17,22-26,28,30,34,42,44,48,50-52,79-80,88H,8,11-16,18-21,27H2,1-6H3,(H,66,81)(H,73,82)(H,74,84)(H,75,83)/b45-29+. The topological polar surface area (TPSA) is 400 Å². The van der Waals surface area contributed by atoms with E-state index in [-0.39, 0.29) is 124 Å². The summed E-state index contributed by atoms with van der Waals surface area (Å²) < 4.78 is 56.1. The minimum Gasteiger partial charge on any atom is -0.506 e. The van der Waals surface area contributed by atoms with Gasteiger partial charge in [0.15, 0.2) is 23.8 Å². The van der Waals surface area contributed by atoms with E-state index in [0.717, 1.165) is 69.8 Å². The molecule has 12 bridgehead atoms. The number of morpholine rings is 1. The molecule has 3 saturated heterocycles. The second kappa shape index (κ2) is 29.1. The van der Waals surface area contributed by atoms with E-state index in [4.69, 9.17) is 57.6 Å². The normalized spacial score (nSPS) is 25.4. The Bertz CT molecular complexity index is 4630. The Morgan fingerprint density at radius 3 is 2.32 bits per heavy atom. The molecule has 37 heteroatoms. The zero-order valence-electron chi connectivity index (χ0n) is 55.3. The fourth-order valence-electron chi connectivity index (χ4n) is 13.1. The van der Waals surface area contributed by atoms with Gasteiger partial charge in [0, 0.05) is 69.5 Å².